The van der Waals surface area contributed by atoms with E-state index in [0.29, 0.717) is 12.1 Å². The quantitative estimate of drug-likeness (QED) is 0.638. The van der Waals surface area contributed by atoms with Crippen molar-refractivity contribution in [2.24, 2.45) is 0 Å². The molecule has 1 N–H and O–H groups in total. The minimum Gasteiger partial charge on any atom is -0.462 e. The number of hydrogen-bond acceptors (Lipinski definition) is 4. The Hall–Kier alpha value is -1.67. The van der Waals surface area contributed by atoms with Gasteiger partial charge >= 0.3 is 0 Å². The van der Waals surface area contributed by atoms with Crippen LogP contribution in [0.15, 0.2) is 47.1 Å². The smallest absolute Gasteiger partial charge is 0.251 e. The molecule has 3 aromatic rings. The number of carbonyl (C=O) groups excluding carboxylic acids is 1. The largest absolute Gasteiger partial charge is 0.462 e. The second-order valence-electron chi connectivity index (χ2n) is 4.69. The van der Waals surface area contributed by atoms with Crippen LogP contribution in [0, 0.1) is 10.5 Å². The second kappa shape index (κ2) is 6.62. The lowest BCUT2D eigenvalue weighted by Gasteiger charge is -2.04. The Morgan fingerprint density at radius 1 is 1.32 bits per heavy atom. The van der Waals surface area contributed by atoms with E-state index < -0.39 is 0 Å². The monoisotopic (exact) mass is 424 g/mol. The molecular formula is C16H13IN2O2S. The number of benzene rings is 1. The van der Waals surface area contributed by atoms with Gasteiger partial charge in [0.2, 0.25) is 0 Å². The van der Waals surface area contributed by atoms with Crippen molar-refractivity contribution in [3.8, 4) is 10.8 Å². The van der Waals surface area contributed by atoms with Gasteiger partial charge in [0, 0.05) is 14.0 Å². The highest BCUT2D eigenvalue weighted by molar-refractivity contribution is 14.1. The van der Waals surface area contributed by atoms with Crippen LogP contribution >= 0.6 is 33.9 Å². The fourth-order valence-corrected chi connectivity index (χ4v) is 3.29. The van der Waals surface area contributed by atoms with Gasteiger partial charge < -0.3 is 9.73 Å². The number of nitrogens with zero attached hydrogens (tertiary/aromatic N) is 1. The molecule has 4 nitrogen and oxygen atoms in total. The van der Waals surface area contributed by atoms with Gasteiger partial charge in [-0.1, -0.05) is 0 Å². The topological polar surface area (TPSA) is 55.1 Å². The summed E-state index contributed by atoms with van der Waals surface area (Å²) < 4.78 is 6.46. The first kappa shape index (κ1) is 15.2. The molecule has 1 aromatic carbocycles. The first-order chi connectivity index (χ1) is 10.6. The molecule has 2 heterocycles. The number of nitrogens with one attached hydrogen (secondary N) is 1. The summed E-state index contributed by atoms with van der Waals surface area (Å²) in [6.07, 6.45) is 1.63. The molecule has 112 valence electrons. The lowest BCUT2D eigenvalue weighted by molar-refractivity contribution is 0.0951. The van der Waals surface area contributed by atoms with Gasteiger partial charge in [-0.2, -0.15) is 0 Å². The van der Waals surface area contributed by atoms with Gasteiger partial charge in [0.25, 0.3) is 5.91 Å². The number of amides is 1. The molecule has 0 bridgehead atoms. The lowest BCUT2D eigenvalue weighted by atomic mass is 10.2. The van der Waals surface area contributed by atoms with Gasteiger partial charge in [0.15, 0.2) is 10.8 Å². The normalized spacial score (nSPS) is 10.6. The third kappa shape index (κ3) is 3.38. The third-order valence-corrected chi connectivity index (χ3v) is 5.03. The van der Waals surface area contributed by atoms with Crippen molar-refractivity contribution in [3.63, 3.8) is 0 Å². The molecule has 0 fully saturated rings. The minimum atomic E-state index is -0.0799. The van der Waals surface area contributed by atoms with Crippen LogP contribution in [0.5, 0.6) is 0 Å². The molecule has 0 saturated heterocycles. The molecular weight excluding hydrogens is 411 g/mol. The van der Waals surface area contributed by atoms with Crippen molar-refractivity contribution in [1.82, 2.24) is 10.3 Å². The van der Waals surface area contributed by atoms with E-state index in [4.69, 9.17) is 4.42 Å². The van der Waals surface area contributed by atoms with Crippen LogP contribution < -0.4 is 5.32 Å². The fourth-order valence-electron chi connectivity index (χ4n) is 1.96. The summed E-state index contributed by atoms with van der Waals surface area (Å²) in [4.78, 5) is 17.6. The first-order valence-corrected chi connectivity index (χ1v) is 8.57. The van der Waals surface area contributed by atoms with E-state index in [1.807, 2.05) is 43.3 Å². The number of carbonyl (C=O) groups is 1. The van der Waals surface area contributed by atoms with Crippen LogP contribution in [-0.2, 0) is 6.54 Å². The highest BCUT2D eigenvalue weighted by Crippen LogP contribution is 2.28. The summed E-state index contributed by atoms with van der Waals surface area (Å²) in [5, 5.41) is 3.77. The van der Waals surface area contributed by atoms with Crippen LogP contribution in [0.3, 0.4) is 0 Å². The Morgan fingerprint density at radius 2 is 2.09 bits per heavy atom. The zero-order valence-electron chi connectivity index (χ0n) is 11.8. The first-order valence-electron chi connectivity index (χ1n) is 6.67. The van der Waals surface area contributed by atoms with E-state index in [1.165, 1.54) is 11.3 Å². The Morgan fingerprint density at radius 3 is 2.77 bits per heavy atom. The molecule has 0 radical (unpaired) electrons. The molecule has 1 amide bonds. The summed E-state index contributed by atoms with van der Waals surface area (Å²) >= 11 is 3.75. The number of rotatable bonds is 4. The Bertz CT molecular complexity index is 779. The fraction of sp³-hybridized carbons (Fsp3) is 0.125. The highest BCUT2D eigenvalue weighted by atomic mass is 127. The van der Waals surface area contributed by atoms with E-state index in [0.717, 1.165) is 24.9 Å². The van der Waals surface area contributed by atoms with Crippen molar-refractivity contribution < 1.29 is 9.21 Å². The van der Waals surface area contributed by atoms with Gasteiger partial charge in [-0.3, -0.25) is 4.79 Å². The predicted octanol–water partition coefficient (Wildman–Crippen LogP) is 4.25. The average molecular weight is 424 g/mol. The summed E-state index contributed by atoms with van der Waals surface area (Å²) in [5.41, 5.74) is 1.58. The van der Waals surface area contributed by atoms with Crippen molar-refractivity contribution >= 4 is 39.8 Å². The van der Waals surface area contributed by atoms with E-state index in [9.17, 15) is 4.79 Å². The Balaban J connectivity index is 1.69. The summed E-state index contributed by atoms with van der Waals surface area (Å²) in [6, 6.07) is 11.2. The number of aromatic nitrogens is 1. The maximum absolute atomic E-state index is 12.1. The Kier molecular flexibility index (Phi) is 4.58. The van der Waals surface area contributed by atoms with Gasteiger partial charge in [-0.25, -0.2) is 4.98 Å². The van der Waals surface area contributed by atoms with Crippen LogP contribution in [0.2, 0.25) is 0 Å². The highest BCUT2D eigenvalue weighted by Gasteiger charge is 2.12. The van der Waals surface area contributed by atoms with Crippen molar-refractivity contribution in [3.05, 3.63) is 62.4 Å². The average Bonchev–Trinajstić information content (AvgIpc) is 3.15. The standard InChI is InChI=1S/C16H13IN2O2S/c1-10-14(22-16(19-10)13-3-2-8-21-13)9-18-15(20)11-4-6-12(17)7-5-11/h2-8H,9H2,1H3,(H,18,20). The van der Waals surface area contributed by atoms with Gasteiger partial charge in [0.05, 0.1) is 18.5 Å². The lowest BCUT2D eigenvalue weighted by Crippen LogP contribution is -2.22. The maximum atomic E-state index is 12.1. The van der Waals surface area contributed by atoms with Crippen molar-refractivity contribution in [2.75, 3.05) is 0 Å². The molecule has 22 heavy (non-hydrogen) atoms. The van der Waals surface area contributed by atoms with Crippen molar-refractivity contribution in [2.45, 2.75) is 13.5 Å². The number of aryl methyl sites for hydroxylation is 1. The van der Waals surface area contributed by atoms with E-state index in [1.54, 1.807) is 6.26 Å². The molecule has 0 spiro atoms. The van der Waals surface area contributed by atoms with Crippen LogP contribution in [0.25, 0.3) is 10.8 Å². The van der Waals surface area contributed by atoms with Crippen LogP contribution in [0.4, 0.5) is 0 Å². The number of halogens is 1. The molecule has 0 aliphatic rings. The SMILES string of the molecule is Cc1nc(-c2ccco2)sc1CNC(=O)c1ccc(I)cc1. The zero-order chi connectivity index (χ0) is 15.5. The zero-order valence-corrected chi connectivity index (χ0v) is 14.8. The molecule has 0 atom stereocenters. The van der Waals surface area contributed by atoms with Gasteiger partial charge in [0.1, 0.15) is 0 Å². The molecule has 3 rings (SSSR count). The van der Waals surface area contributed by atoms with Crippen molar-refractivity contribution in [1.29, 1.82) is 0 Å². The van der Waals surface area contributed by atoms with Gasteiger partial charge in [-0.15, -0.1) is 11.3 Å². The minimum absolute atomic E-state index is 0.0799. The molecule has 0 aliphatic heterocycles. The number of thiazole rings is 1. The predicted molar refractivity (Wildman–Crippen MR) is 94.9 cm³/mol. The summed E-state index contributed by atoms with van der Waals surface area (Å²) in [5.74, 6) is 0.673. The van der Waals surface area contributed by atoms with Crippen LogP contribution in [-0.4, -0.2) is 10.9 Å². The van der Waals surface area contributed by atoms with Crippen LogP contribution in [0.1, 0.15) is 20.9 Å². The number of furan rings is 1. The molecule has 0 unspecified atom stereocenters. The van der Waals surface area contributed by atoms with Gasteiger partial charge in [-0.05, 0) is 65.9 Å². The number of hydrogen-bond donors (Lipinski definition) is 1. The Labute approximate surface area is 145 Å². The molecule has 0 aliphatic carbocycles. The summed E-state index contributed by atoms with van der Waals surface area (Å²) in [6.45, 7) is 2.41. The molecule has 0 saturated carbocycles. The molecule has 6 heteroatoms. The third-order valence-electron chi connectivity index (χ3n) is 3.14. The van der Waals surface area contributed by atoms with E-state index in [-0.39, 0.29) is 5.91 Å². The second-order valence-corrected chi connectivity index (χ2v) is 7.02. The maximum Gasteiger partial charge on any atom is 0.251 e. The molecule has 2 aromatic heterocycles. The van der Waals surface area contributed by atoms with E-state index in [2.05, 4.69) is 32.9 Å². The summed E-state index contributed by atoms with van der Waals surface area (Å²) in [7, 11) is 0. The van der Waals surface area contributed by atoms with E-state index >= 15 is 0 Å².